The van der Waals surface area contributed by atoms with Gasteiger partial charge in [0.1, 0.15) is 0 Å². The van der Waals surface area contributed by atoms with E-state index in [0.29, 0.717) is 5.56 Å². The normalized spacial score (nSPS) is 12.8. The van der Waals surface area contributed by atoms with Gasteiger partial charge in [-0.25, -0.2) is 13.2 Å². The second-order valence-corrected chi connectivity index (χ2v) is 7.35. The average Bonchev–Trinajstić information content (AvgIpc) is 2.61. The van der Waals surface area contributed by atoms with Crippen molar-refractivity contribution in [1.82, 2.24) is 4.31 Å². The van der Waals surface area contributed by atoms with Crippen LogP contribution in [0.4, 0.5) is 0 Å². The Labute approximate surface area is 142 Å². The first-order valence-electron chi connectivity index (χ1n) is 7.68. The van der Waals surface area contributed by atoms with E-state index >= 15 is 0 Å². The summed E-state index contributed by atoms with van der Waals surface area (Å²) in [6, 6.07) is 14.9. The van der Waals surface area contributed by atoms with Crippen LogP contribution in [0.1, 0.15) is 35.8 Å². The van der Waals surface area contributed by atoms with Crippen LogP contribution in [0.15, 0.2) is 59.5 Å². The van der Waals surface area contributed by atoms with E-state index in [-0.39, 0.29) is 17.5 Å². The highest BCUT2D eigenvalue weighted by Crippen LogP contribution is 2.25. The molecule has 24 heavy (non-hydrogen) atoms. The van der Waals surface area contributed by atoms with Gasteiger partial charge < -0.3 is 4.74 Å². The van der Waals surface area contributed by atoms with Crippen LogP contribution in [-0.4, -0.2) is 32.3 Å². The second-order valence-electron chi connectivity index (χ2n) is 5.35. The van der Waals surface area contributed by atoms with Crippen molar-refractivity contribution >= 4 is 16.0 Å². The molecule has 0 fully saturated rings. The Morgan fingerprint density at radius 2 is 1.67 bits per heavy atom. The Hall–Kier alpha value is -2.18. The van der Waals surface area contributed by atoms with E-state index in [1.807, 2.05) is 37.3 Å². The zero-order valence-corrected chi connectivity index (χ0v) is 14.8. The van der Waals surface area contributed by atoms with Crippen LogP contribution in [-0.2, 0) is 14.8 Å². The van der Waals surface area contributed by atoms with Gasteiger partial charge in [-0.15, -0.1) is 0 Å². The number of sulfonamides is 1. The third-order valence-corrected chi connectivity index (χ3v) is 5.81. The van der Waals surface area contributed by atoms with Gasteiger partial charge in [-0.05, 0) is 43.7 Å². The van der Waals surface area contributed by atoms with E-state index in [4.69, 9.17) is 4.74 Å². The molecule has 1 atom stereocenters. The highest BCUT2D eigenvalue weighted by molar-refractivity contribution is 7.89. The van der Waals surface area contributed by atoms with Crippen LogP contribution >= 0.6 is 0 Å². The number of nitrogens with zero attached hydrogens (tertiary/aromatic N) is 1. The van der Waals surface area contributed by atoms with Crippen molar-refractivity contribution in [3.8, 4) is 0 Å². The molecule has 2 aromatic rings. The quantitative estimate of drug-likeness (QED) is 0.753. The molecule has 0 saturated heterocycles. The first kappa shape index (κ1) is 18.2. The number of hydrogen-bond donors (Lipinski definition) is 0. The van der Waals surface area contributed by atoms with E-state index in [1.54, 1.807) is 14.0 Å². The zero-order valence-electron chi connectivity index (χ0n) is 14.0. The van der Waals surface area contributed by atoms with Gasteiger partial charge in [0.25, 0.3) is 0 Å². The number of hydrogen-bond acceptors (Lipinski definition) is 4. The van der Waals surface area contributed by atoms with Crippen molar-refractivity contribution in [2.45, 2.75) is 24.8 Å². The molecule has 0 aromatic heterocycles. The topological polar surface area (TPSA) is 63.7 Å². The summed E-state index contributed by atoms with van der Waals surface area (Å²) in [7, 11) is -2.11. The van der Waals surface area contributed by atoms with Crippen LogP contribution in [0.5, 0.6) is 0 Å². The molecule has 0 aliphatic heterocycles. The summed E-state index contributed by atoms with van der Waals surface area (Å²) < 4.78 is 31.7. The van der Waals surface area contributed by atoms with E-state index in [0.717, 1.165) is 5.56 Å². The van der Waals surface area contributed by atoms with Crippen LogP contribution in [0, 0.1) is 0 Å². The average molecular weight is 347 g/mol. The molecular formula is C18H21NO4S. The van der Waals surface area contributed by atoms with Gasteiger partial charge >= 0.3 is 5.97 Å². The SMILES string of the molecule is CCOC(=O)c1ccc(S(=O)(=O)N(C)C(C)c2ccccc2)cc1. The minimum absolute atomic E-state index is 0.140. The van der Waals surface area contributed by atoms with Crippen LogP contribution in [0.25, 0.3) is 0 Å². The molecule has 6 heteroatoms. The minimum Gasteiger partial charge on any atom is -0.462 e. The lowest BCUT2D eigenvalue weighted by Crippen LogP contribution is -2.29. The molecule has 0 radical (unpaired) electrons. The van der Waals surface area contributed by atoms with Crippen LogP contribution < -0.4 is 0 Å². The monoisotopic (exact) mass is 347 g/mol. The fourth-order valence-electron chi connectivity index (χ4n) is 2.29. The number of benzene rings is 2. The van der Waals surface area contributed by atoms with Gasteiger partial charge in [0.15, 0.2) is 0 Å². The van der Waals surface area contributed by atoms with Gasteiger partial charge in [-0.1, -0.05) is 30.3 Å². The Morgan fingerprint density at radius 1 is 1.08 bits per heavy atom. The molecule has 0 heterocycles. The molecule has 0 amide bonds. The molecule has 1 unspecified atom stereocenters. The first-order valence-corrected chi connectivity index (χ1v) is 9.12. The molecule has 0 bridgehead atoms. The summed E-state index contributed by atoms with van der Waals surface area (Å²) in [6.07, 6.45) is 0. The first-order chi connectivity index (χ1) is 11.4. The Kier molecular flexibility index (Phi) is 5.75. The van der Waals surface area contributed by atoms with Gasteiger partial charge in [0.05, 0.1) is 17.1 Å². The van der Waals surface area contributed by atoms with E-state index in [9.17, 15) is 13.2 Å². The van der Waals surface area contributed by atoms with Crippen molar-refractivity contribution in [1.29, 1.82) is 0 Å². The molecule has 0 N–H and O–H groups in total. The molecule has 128 valence electrons. The summed E-state index contributed by atoms with van der Waals surface area (Å²) in [5.41, 5.74) is 1.24. The van der Waals surface area contributed by atoms with Crippen molar-refractivity contribution in [3.63, 3.8) is 0 Å². The number of ether oxygens (including phenoxy) is 1. The Morgan fingerprint density at radius 3 is 2.21 bits per heavy atom. The lowest BCUT2D eigenvalue weighted by molar-refractivity contribution is 0.0526. The molecule has 2 rings (SSSR count). The summed E-state index contributed by atoms with van der Waals surface area (Å²) in [5, 5.41) is 0. The molecule has 0 aliphatic rings. The highest BCUT2D eigenvalue weighted by Gasteiger charge is 2.26. The summed E-state index contributed by atoms with van der Waals surface area (Å²) in [6.45, 7) is 3.83. The number of carbonyl (C=O) groups is 1. The molecular weight excluding hydrogens is 326 g/mol. The molecule has 2 aromatic carbocycles. The third-order valence-electron chi connectivity index (χ3n) is 3.87. The smallest absolute Gasteiger partial charge is 0.338 e. The lowest BCUT2D eigenvalue weighted by atomic mass is 10.1. The van der Waals surface area contributed by atoms with E-state index in [1.165, 1.54) is 28.6 Å². The minimum atomic E-state index is -3.66. The molecule has 0 spiro atoms. The van der Waals surface area contributed by atoms with Crippen LogP contribution in [0.2, 0.25) is 0 Å². The fourth-order valence-corrected chi connectivity index (χ4v) is 3.64. The molecule has 5 nitrogen and oxygen atoms in total. The van der Waals surface area contributed by atoms with Gasteiger partial charge in [0, 0.05) is 13.1 Å². The number of rotatable bonds is 6. The third kappa shape index (κ3) is 3.83. The lowest BCUT2D eigenvalue weighted by Gasteiger charge is -2.24. The van der Waals surface area contributed by atoms with Crippen molar-refractivity contribution in [2.75, 3.05) is 13.7 Å². The van der Waals surface area contributed by atoms with Gasteiger partial charge in [0.2, 0.25) is 10.0 Å². The highest BCUT2D eigenvalue weighted by atomic mass is 32.2. The fraction of sp³-hybridized carbons (Fsp3) is 0.278. The maximum absolute atomic E-state index is 12.8. The van der Waals surface area contributed by atoms with Crippen LogP contribution in [0.3, 0.4) is 0 Å². The van der Waals surface area contributed by atoms with Crippen molar-refractivity contribution in [2.24, 2.45) is 0 Å². The molecule has 0 aliphatic carbocycles. The number of esters is 1. The van der Waals surface area contributed by atoms with Crippen molar-refractivity contribution in [3.05, 3.63) is 65.7 Å². The van der Waals surface area contributed by atoms with E-state index < -0.39 is 16.0 Å². The standard InChI is InChI=1S/C18H21NO4S/c1-4-23-18(20)16-10-12-17(13-11-16)24(21,22)19(3)14(2)15-8-6-5-7-9-15/h5-14H,4H2,1-3H3. The summed E-state index contributed by atoms with van der Waals surface area (Å²) >= 11 is 0. The predicted molar refractivity (Wildman–Crippen MR) is 92.2 cm³/mol. The Balaban J connectivity index is 2.25. The summed E-state index contributed by atoms with van der Waals surface area (Å²) in [4.78, 5) is 11.8. The van der Waals surface area contributed by atoms with E-state index in [2.05, 4.69) is 0 Å². The van der Waals surface area contributed by atoms with Crippen molar-refractivity contribution < 1.29 is 17.9 Å². The molecule has 0 saturated carbocycles. The number of carbonyl (C=O) groups excluding carboxylic acids is 1. The second kappa shape index (κ2) is 7.59. The van der Waals surface area contributed by atoms with Gasteiger partial charge in [-0.2, -0.15) is 4.31 Å². The van der Waals surface area contributed by atoms with Gasteiger partial charge in [-0.3, -0.25) is 0 Å². The predicted octanol–water partition coefficient (Wildman–Crippen LogP) is 3.25. The largest absolute Gasteiger partial charge is 0.462 e. The summed E-state index contributed by atoms with van der Waals surface area (Å²) in [5.74, 6) is -0.465. The maximum Gasteiger partial charge on any atom is 0.338 e. The maximum atomic E-state index is 12.8. The Bertz CT molecular complexity index is 786. The zero-order chi connectivity index (χ0) is 17.7.